The molecule has 2 rings (SSSR count). The number of benzene rings is 1. The number of rotatable bonds is 2. The van der Waals surface area contributed by atoms with Gasteiger partial charge in [-0.05, 0) is 31.2 Å². The highest BCUT2D eigenvalue weighted by Gasteiger charge is 2.22. The van der Waals surface area contributed by atoms with Gasteiger partial charge in [0.15, 0.2) is 0 Å². The molecule has 3 nitrogen and oxygen atoms in total. The summed E-state index contributed by atoms with van der Waals surface area (Å²) >= 11 is 5.82. The second-order valence-electron chi connectivity index (χ2n) is 3.69. The summed E-state index contributed by atoms with van der Waals surface area (Å²) in [5.74, 6) is 0.159. The number of amides is 1. The molecule has 1 fully saturated rings. The van der Waals surface area contributed by atoms with Crippen molar-refractivity contribution in [3.8, 4) is 0 Å². The van der Waals surface area contributed by atoms with Crippen molar-refractivity contribution >= 4 is 35.6 Å². The molecule has 5 heteroatoms. The van der Waals surface area contributed by atoms with Crippen LogP contribution in [0, 0.1) is 5.92 Å². The van der Waals surface area contributed by atoms with Gasteiger partial charge in [0.2, 0.25) is 5.91 Å². The number of nitrogens with one attached hydrogen (secondary N) is 2. The van der Waals surface area contributed by atoms with E-state index in [1.807, 2.05) is 12.1 Å². The van der Waals surface area contributed by atoms with Gasteiger partial charge in [-0.3, -0.25) is 4.79 Å². The molecule has 1 heterocycles. The number of carbonyl (C=O) groups is 1. The van der Waals surface area contributed by atoms with E-state index in [-0.39, 0.29) is 24.2 Å². The normalized spacial score (nSPS) is 18.9. The van der Waals surface area contributed by atoms with Crippen LogP contribution in [0.15, 0.2) is 24.3 Å². The highest BCUT2D eigenvalue weighted by molar-refractivity contribution is 6.30. The summed E-state index contributed by atoms with van der Waals surface area (Å²) < 4.78 is 0. The maximum Gasteiger partial charge on any atom is 0.228 e. The van der Waals surface area contributed by atoms with Gasteiger partial charge in [-0.2, -0.15) is 0 Å². The Bertz CT molecular complexity index is 365. The van der Waals surface area contributed by atoms with E-state index in [9.17, 15) is 4.79 Å². The Labute approximate surface area is 106 Å². The van der Waals surface area contributed by atoms with Crippen molar-refractivity contribution in [1.82, 2.24) is 5.32 Å². The van der Waals surface area contributed by atoms with Crippen LogP contribution in [0.3, 0.4) is 0 Å². The molecular formula is C11H14Cl2N2O. The molecule has 1 saturated heterocycles. The lowest BCUT2D eigenvalue weighted by Crippen LogP contribution is -2.24. The fourth-order valence-corrected chi connectivity index (χ4v) is 1.88. The first-order valence-corrected chi connectivity index (χ1v) is 5.40. The quantitative estimate of drug-likeness (QED) is 0.857. The van der Waals surface area contributed by atoms with E-state index in [0.29, 0.717) is 5.02 Å². The summed E-state index contributed by atoms with van der Waals surface area (Å²) in [6.07, 6.45) is 0.909. The van der Waals surface area contributed by atoms with Crippen LogP contribution in [0.1, 0.15) is 6.42 Å². The van der Waals surface area contributed by atoms with Gasteiger partial charge in [-0.25, -0.2) is 0 Å². The zero-order chi connectivity index (χ0) is 10.7. The Morgan fingerprint density at radius 2 is 2.31 bits per heavy atom. The lowest BCUT2D eigenvalue weighted by atomic mass is 10.1. The first-order chi connectivity index (χ1) is 7.25. The van der Waals surface area contributed by atoms with E-state index in [0.717, 1.165) is 25.2 Å². The largest absolute Gasteiger partial charge is 0.326 e. The van der Waals surface area contributed by atoms with Gasteiger partial charge in [0.1, 0.15) is 0 Å². The van der Waals surface area contributed by atoms with E-state index in [1.165, 1.54) is 0 Å². The number of carbonyl (C=O) groups excluding carboxylic acids is 1. The van der Waals surface area contributed by atoms with Gasteiger partial charge in [0.05, 0.1) is 5.92 Å². The zero-order valence-corrected chi connectivity index (χ0v) is 10.3. The van der Waals surface area contributed by atoms with Crippen LogP contribution in [0.25, 0.3) is 0 Å². The minimum Gasteiger partial charge on any atom is -0.326 e. The summed E-state index contributed by atoms with van der Waals surface area (Å²) in [4.78, 5) is 11.7. The van der Waals surface area contributed by atoms with Crippen molar-refractivity contribution in [3.63, 3.8) is 0 Å². The molecule has 0 saturated carbocycles. The van der Waals surface area contributed by atoms with Gasteiger partial charge >= 0.3 is 0 Å². The van der Waals surface area contributed by atoms with Crippen molar-refractivity contribution in [2.45, 2.75) is 6.42 Å². The van der Waals surface area contributed by atoms with Gasteiger partial charge in [-0.15, -0.1) is 12.4 Å². The van der Waals surface area contributed by atoms with Crippen LogP contribution >= 0.6 is 24.0 Å². The molecule has 0 radical (unpaired) electrons. The van der Waals surface area contributed by atoms with Crippen molar-refractivity contribution < 1.29 is 4.79 Å². The Kier molecular flexibility index (Phi) is 5.06. The molecule has 1 atom stereocenters. The molecule has 0 aromatic heterocycles. The molecule has 88 valence electrons. The average Bonchev–Trinajstić information content (AvgIpc) is 2.70. The number of halogens is 2. The molecule has 0 unspecified atom stereocenters. The predicted octanol–water partition coefficient (Wildman–Crippen LogP) is 2.31. The molecule has 0 spiro atoms. The molecular weight excluding hydrogens is 247 g/mol. The maximum absolute atomic E-state index is 11.7. The fourth-order valence-electron chi connectivity index (χ4n) is 1.69. The molecule has 0 bridgehead atoms. The topological polar surface area (TPSA) is 41.1 Å². The van der Waals surface area contributed by atoms with E-state index >= 15 is 0 Å². The second kappa shape index (κ2) is 6.09. The third kappa shape index (κ3) is 3.37. The molecule has 16 heavy (non-hydrogen) atoms. The number of hydrogen-bond acceptors (Lipinski definition) is 2. The van der Waals surface area contributed by atoms with Crippen molar-refractivity contribution in [2.24, 2.45) is 5.92 Å². The summed E-state index contributed by atoms with van der Waals surface area (Å²) in [5, 5.41) is 6.66. The smallest absolute Gasteiger partial charge is 0.228 e. The lowest BCUT2D eigenvalue weighted by molar-refractivity contribution is -0.119. The molecule has 1 aromatic carbocycles. The van der Waals surface area contributed by atoms with Gasteiger partial charge < -0.3 is 10.6 Å². The van der Waals surface area contributed by atoms with E-state index in [4.69, 9.17) is 11.6 Å². The first-order valence-electron chi connectivity index (χ1n) is 5.03. The van der Waals surface area contributed by atoms with Crippen molar-refractivity contribution in [3.05, 3.63) is 29.3 Å². The minimum atomic E-state index is 0. The Balaban J connectivity index is 0.00000128. The Morgan fingerprint density at radius 1 is 1.50 bits per heavy atom. The summed E-state index contributed by atoms with van der Waals surface area (Å²) in [6.45, 7) is 1.69. The van der Waals surface area contributed by atoms with Crippen molar-refractivity contribution in [2.75, 3.05) is 18.4 Å². The van der Waals surface area contributed by atoms with Crippen LogP contribution in [0.2, 0.25) is 5.02 Å². The molecule has 1 aliphatic rings. The lowest BCUT2D eigenvalue weighted by Gasteiger charge is -2.09. The third-order valence-corrected chi connectivity index (χ3v) is 2.76. The first kappa shape index (κ1) is 13.3. The highest BCUT2D eigenvalue weighted by Crippen LogP contribution is 2.17. The molecule has 0 aliphatic carbocycles. The highest BCUT2D eigenvalue weighted by atomic mass is 35.5. The number of anilines is 1. The Hall–Kier alpha value is -0.770. The zero-order valence-electron chi connectivity index (χ0n) is 8.70. The van der Waals surface area contributed by atoms with Crippen LogP contribution in [0.5, 0.6) is 0 Å². The molecule has 1 aliphatic heterocycles. The van der Waals surface area contributed by atoms with Crippen LogP contribution in [-0.4, -0.2) is 19.0 Å². The summed E-state index contributed by atoms with van der Waals surface area (Å²) in [5.41, 5.74) is 0.763. The maximum atomic E-state index is 11.7. The second-order valence-corrected chi connectivity index (χ2v) is 4.13. The standard InChI is InChI=1S/C11H13ClN2O.ClH/c12-9-2-1-3-10(6-9)14-11(15)8-4-5-13-7-8;/h1-3,6,8,13H,4-5,7H2,(H,14,15);1H/t8-;/m1./s1. The van der Waals surface area contributed by atoms with E-state index in [1.54, 1.807) is 12.1 Å². The fraction of sp³-hybridized carbons (Fsp3) is 0.364. The van der Waals surface area contributed by atoms with Crippen LogP contribution in [-0.2, 0) is 4.79 Å². The van der Waals surface area contributed by atoms with Gasteiger partial charge in [0.25, 0.3) is 0 Å². The summed E-state index contributed by atoms with van der Waals surface area (Å²) in [7, 11) is 0. The van der Waals surface area contributed by atoms with E-state index in [2.05, 4.69) is 10.6 Å². The molecule has 1 aromatic rings. The third-order valence-electron chi connectivity index (χ3n) is 2.52. The van der Waals surface area contributed by atoms with E-state index < -0.39 is 0 Å². The number of hydrogen-bond donors (Lipinski definition) is 2. The summed E-state index contributed by atoms with van der Waals surface area (Å²) in [6, 6.07) is 7.20. The SMILES string of the molecule is Cl.O=C(Nc1cccc(Cl)c1)[C@@H]1CCNC1. The Morgan fingerprint density at radius 3 is 2.94 bits per heavy atom. The van der Waals surface area contributed by atoms with Gasteiger partial charge in [0, 0.05) is 17.3 Å². The van der Waals surface area contributed by atoms with Gasteiger partial charge in [-0.1, -0.05) is 17.7 Å². The van der Waals surface area contributed by atoms with Crippen LogP contribution in [0.4, 0.5) is 5.69 Å². The molecule has 2 N–H and O–H groups in total. The van der Waals surface area contributed by atoms with Crippen LogP contribution < -0.4 is 10.6 Å². The monoisotopic (exact) mass is 260 g/mol. The minimum absolute atomic E-state index is 0. The molecule has 1 amide bonds. The predicted molar refractivity (Wildman–Crippen MR) is 68.3 cm³/mol. The average molecular weight is 261 g/mol. The van der Waals surface area contributed by atoms with Crippen molar-refractivity contribution in [1.29, 1.82) is 0 Å².